The first-order chi connectivity index (χ1) is 8.56. The van der Waals surface area contributed by atoms with E-state index in [2.05, 4.69) is 4.98 Å². The lowest BCUT2D eigenvalue weighted by molar-refractivity contribution is -0.153. The normalized spacial score (nSPS) is 12.7. The summed E-state index contributed by atoms with van der Waals surface area (Å²) in [4.78, 5) is 14.8. The van der Waals surface area contributed by atoms with Gasteiger partial charge in [0.15, 0.2) is 6.10 Å². The van der Waals surface area contributed by atoms with Gasteiger partial charge in [0.1, 0.15) is 0 Å². The molecule has 0 radical (unpaired) electrons. The van der Waals surface area contributed by atoms with Crippen LogP contribution < -0.4 is 0 Å². The molecule has 0 saturated heterocycles. The highest BCUT2D eigenvalue weighted by Crippen LogP contribution is 2.28. The Bertz CT molecular complexity index is 586. The van der Waals surface area contributed by atoms with E-state index in [4.69, 9.17) is 4.74 Å². The van der Waals surface area contributed by atoms with Gasteiger partial charge in [0.05, 0.1) is 12.1 Å². The lowest BCUT2D eigenvalue weighted by Gasteiger charge is -2.10. The molecule has 0 amide bonds. The fraction of sp³-hybridized carbons (Fsp3) is 0.357. The number of aliphatic hydroxyl groups is 1. The maximum atomic E-state index is 11.6. The van der Waals surface area contributed by atoms with Crippen LogP contribution in [0.25, 0.3) is 10.9 Å². The minimum absolute atomic E-state index is 0.259. The van der Waals surface area contributed by atoms with Gasteiger partial charge in [-0.15, -0.1) is 0 Å². The van der Waals surface area contributed by atoms with Crippen LogP contribution in [0, 0.1) is 13.8 Å². The molecule has 0 aliphatic carbocycles. The van der Waals surface area contributed by atoms with Crippen LogP contribution in [0.15, 0.2) is 18.2 Å². The second-order valence-corrected chi connectivity index (χ2v) is 4.30. The fourth-order valence-corrected chi connectivity index (χ4v) is 2.08. The Morgan fingerprint density at radius 2 is 2.17 bits per heavy atom. The molecule has 4 heteroatoms. The largest absolute Gasteiger partial charge is 0.464 e. The van der Waals surface area contributed by atoms with Gasteiger partial charge in [0.2, 0.25) is 0 Å². The number of rotatable bonds is 3. The predicted octanol–water partition coefficient (Wildman–Crippen LogP) is 2.38. The molecule has 1 aromatic heterocycles. The second kappa shape index (κ2) is 4.82. The molecule has 18 heavy (non-hydrogen) atoms. The van der Waals surface area contributed by atoms with E-state index in [1.54, 1.807) is 13.0 Å². The van der Waals surface area contributed by atoms with Crippen LogP contribution in [-0.4, -0.2) is 22.7 Å². The highest BCUT2D eigenvalue weighted by atomic mass is 16.5. The molecule has 0 aliphatic heterocycles. The molecule has 2 N–H and O–H groups in total. The molecular weight excluding hydrogens is 230 g/mol. The summed E-state index contributed by atoms with van der Waals surface area (Å²) in [6, 6.07) is 5.54. The van der Waals surface area contributed by atoms with Crippen LogP contribution in [-0.2, 0) is 9.53 Å². The molecule has 0 aliphatic rings. The monoisotopic (exact) mass is 247 g/mol. The number of hydrogen-bond acceptors (Lipinski definition) is 3. The van der Waals surface area contributed by atoms with E-state index in [0.717, 1.165) is 22.2 Å². The number of carbonyl (C=O) groups is 1. The zero-order valence-corrected chi connectivity index (χ0v) is 10.8. The zero-order valence-electron chi connectivity index (χ0n) is 10.8. The Kier molecular flexibility index (Phi) is 3.39. The molecule has 1 atom stereocenters. The quantitative estimate of drug-likeness (QED) is 0.818. The lowest BCUT2D eigenvalue weighted by Crippen LogP contribution is -2.15. The zero-order chi connectivity index (χ0) is 13.3. The number of aromatic amines is 1. The van der Waals surface area contributed by atoms with Crippen molar-refractivity contribution in [1.82, 2.24) is 4.98 Å². The lowest BCUT2D eigenvalue weighted by atomic mass is 10.0. The SMILES string of the molecule is CCOC(=O)C(O)c1cccc2c(C)c(C)[nH]c12. The van der Waals surface area contributed by atoms with Crippen LogP contribution in [0.3, 0.4) is 0 Å². The summed E-state index contributed by atoms with van der Waals surface area (Å²) in [7, 11) is 0. The first-order valence-corrected chi connectivity index (χ1v) is 5.98. The number of aliphatic hydroxyl groups excluding tert-OH is 1. The van der Waals surface area contributed by atoms with E-state index in [0.29, 0.717) is 5.56 Å². The van der Waals surface area contributed by atoms with E-state index in [1.165, 1.54) is 0 Å². The number of fused-ring (bicyclic) bond motifs is 1. The molecule has 0 spiro atoms. The van der Waals surface area contributed by atoms with E-state index >= 15 is 0 Å². The molecule has 1 unspecified atom stereocenters. The standard InChI is InChI=1S/C14H17NO3/c1-4-18-14(17)13(16)11-7-5-6-10-8(2)9(3)15-12(10)11/h5-7,13,15-16H,4H2,1-3H3. The van der Waals surface area contributed by atoms with Gasteiger partial charge in [-0.3, -0.25) is 0 Å². The van der Waals surface area contributed by atoms with Crippen molar-refractivity contribution in [1.29, 1.82) is 0 Å². The molecule has 1 aromatic carbocycles. The minimum Gasteiger partial charge on any atom is -0.464 e. The van der Waals surface area contributed by atoms with Crippen molar-refractivity contribution < 1.29 is 14.6 Å². The molecule has 4 nitrogen and oxygen atoms in total. The molecule has 2 aromatic rings. The van der Waals surface area contributed by atoms with Crippen molar-refractivity contribution in [2.45, 2.75) is 26.9 Å². The van der Waals surface area contributed by atoms with Crippen LogP contribution in [0.2, 0.25) is 0 Å². The van der Waals surface area contributed by atoms with Gasteiger partial charge < -0.3 is 14.8 Å². The maximum Gasteiger partial charge on any atom is 0.339 e. The Balaban J connectivity index is 2.51. The van der Waals surface area contributed by atoms with Crippen molar-refractivity contribution in [2.75, 3.05) is 6.61 Å². The molecule has 0 bridgehead atoms. The first-order valence-electron chi connectivity index (χ1n) is 5.98. The smallest absolute Gasteiger partial charge is 0.339 e. The molecule has 1 heterocycles. The number of carbonyl (C=O) groups excluding carboxylic acids is 1. The van der Waals surface area contributed by atoms with Crippen molar-refractivity contribution in [2.24, 2.45) is 0 Å². The van der Waals surface area contributed by atoms with Crippen molar-refractivity contribution in [3.63, 3.8) is 0 Å². The van der Waals surface area contributed by atoms with Crippen LogP contribution in [0.1, 0.15) is 29.8 Å². The Hall–Kier alpha value is -1.81. The van der Waals surface area contributed by atoms with Gasteiger partial charge in [-0.1, -0.05) is 18.2 Å². The molecule has 2 rings (SSSR count). The summed E-state index contributed by atoms with van der Waals surface area (Å²) >= 11 is 0. The topological polar surface area (TPSA) is 62.3 Å². The van der Waals surface area contributed by atoms with Gasteiger partial charge >= 0.3 is 5.97 Å². The Morgan fingerprint density at radius 1 is 1.44 bits per heavy atom. The number of aromatic nitrogens is 1. The maximum absolute atomic E-state index is 11.6. The van der Waals surface area contributed by atoms with Gasteiger partial charge in [-0.2, -0.15) is 0 Å². The van der Waals surface area contributed by atoms with Crippen molar-refractivity contribution >= 4 is 16.9 Å². The summed E-state index contributed by atoms with van der Waals surface area (Å²) in [5.41, 5.74) is 3.52. The van der Waals surface area contributed by atoms with Crippen molar-refractivity contribution in [3.05, 3.63) is 35.0 Å². The van der Waals surface area contributed by atoms with Crippen LogP contribution >= 0.6 is 0 Å². The summed E-state index contributed by atoms with van der Waals surface area (Å²) in [6.07, 6.45) is -1.24. The second-order valence-electron chi connectivity index (χ2n) is 4.30. The number of nitrogens with one attached hydrogen (secondary N) is 1. The van der Waals surface area contributed by atoms with Gasteiger partial charge in [0.25, 0.3) is 0 Å². The highest BCUT2D eigenvalue weighted by molar-refractivity contribution is 5.91. The molecular formula is C14H17NO3. The van der Waals surface area contributed by atoms with Crippen molar-refractivity contribution in [3.8, 4) is 0 Å². The summed E-state index contributed by atoms with van der Waals surface area (Å²) in [6.45, 7) is 5.95. The third-order valence-electron chi connectivity index (χ3n) is 3.18. The van der Waals surface area contributed by atoms with E-state index in [-0.39, 0.29) is 6.61 Å². The number of benzene rings is 1. The van der Waals surface area contributed by atoms with E-state index < -0.39 is 12.1 Å². The summed E-state index contributed by atoms with van der Waals surface area (Å²) < 4.78 is 4.84. The first kappa shape index (κ1) is 12.6. The highest BCUT2D eigenvalue weighted by Gasteiger charge is 2.22. The minimum atomic E-state index is -1.24. The molecule has 0 fully saturated rings. The molecule has 0 saturated carbocycles. The molecule has 96 valence electrons. The van der Waals surface area contributed by atoms with Gasteiger partial charge in [-0.05, 0) is 26.3 Å². The average molecular weight is 247 g/mol. The van der Waals surface area contributed by atoms with E-state index in [9.17, 15) is 9.90 Å². The van der Waals surface area contributed by atoms with Gasteiger partial charge in [0, 0.05) is 16.6 Å². The number of ether oxygens (including phenoxy) is 1. The number of para-hydroxylation sites is 1. The Labute approximate surface area is 106 Å². The van der Waals surface area contributed by atoms with Gasteiger partial charge in [-0.25, -0.2) is 4.79 Å². The van der Waals surface area contributed by atoms with E-state index in [1.807, 2.05) is 26.0 Å². The third-order valence-corrected chi connectivity index (χ3v) is 3.18. The van der Waals surface area contributed by atoms with Crippen LogP contribution in [0.4, 0.5) is 0 Å². The number of hydrogen-bond donors (Lipinski definition) is 2. The van der Waals surface area contributed by atoms with Crippen LogP contribution in [0.5, 0.6) is 0 Å². The Morgan fingerprint density at radius 3 is 2.83 bits per heavy atom. The fourth-order valence-electron chi connectivity index (χ4n) is 2.08. The summed E-state index contributed by atoms with van der Waals surface area (Å²) in [5, 5.41) is 11.0. The summed E-state index contributed by atoms with van der Waals surface area (Å²) in [5.74, 6) is -0.616. The number of H-pyrrole nitrogens is 1. The predicted molar refractivity (Wildman–Crippen MR) is 69.4 cm³/mol. The number of aryl methyl sites for hydroxylation is 2. The average Bonchev–Trinajstić information content (AvgIpc) is 2.65. The third kappa shape index (κ3) is 1.99. The number of esters is 1.